The number of aliphatic hydroxyl groups excluding tert-OH is 2. The maximum Gasteiger partial charge on any atom is 0.330 e. The fourth-order valence-electron chi connectivity index (χ4n) is 1.98. The first-order chi connectivity index (χ1) is 8.58. The lowest BCUT2D eigenvalue weighted by atomic mass is 10.1. The van der Waals surface area contributed by atoms with E-state index in [1.165, 1.54) is 13.3 Å². The molecule has 18 heavy (non-hydrogen) atoms. The lowest BCUT2D eigenvalue weighted by molar-refractivity contribution is -0.0625. The second kappa shape index (κ2) is 5.02. The number of aromatic amines is 1. The zero-order valence-corrected chi connectivity index (χ0v) is 9.65. The number of hydrogen-bond acceptors (Lipinski definition) is 6. The summed E-state index contributed by atoms with van der Waals surface area (Å²) in [5.41, 5.74) is -1.19. The van der Waals surface area contributed by atoms with Crippen molar-refractivity contribution in [2.75, 3.05) is 13.7 Å². The van der Waals surface area contributed by atoms with E-state index in [0.717, 1.165) is 10.6 Å². The zero-order chi connectivity index (χ0) is 13.3. The minimum absolute atomic E-state index is 0.393. The van der Waals surface area contributed by atoms with Gasteiger partial charge in [0, 0.05) is 19.4 Å². The topological polar surface area (TPSA) is 114 Å². The fourth-order valence-corrected chi connectivity index (χ4v) is 1.98. The van der Waals surface area contributed by atoms with Crippen LogP contribution in [0.5, 0.6) is 0 Å². The average molecular weight is 258 g/mol. The van der Waals surface area contributed by atoms with E-state index in [1.54, 1.807) is 0 Å². The first kappa shape index (κ1) is 13.0. The summed E-state index contributed by atoms with van der Waals surface area (Å²) in [4.78, 5) is 24.7. The van der Waals surface area contributed by atoms with Crippen LogP contribution in [0.4, 0.5) is 0 Å². The van der Waals surface area contributed by atoms with Crippen LogP contribution in [0.25, 0.3) is 0 Å². The first-order valence-electron chi connectivity index (χ1n) is 5.37. The Bertz CT molecular complexity index is 524. The molecule has 2 rings (SSSR count). The molecule has 0 aromatic carbocycles. The van der Waals surface area contributed by atoms with Crippen LogP contribution >= 0.6 is 0 Å². The Labute approximate surface area is 101 Å². The first-order valence-corrected chi connectivity index (χ1v) is 5.37. The van der Waals surface area contributed by atoms with Crippen LogP contribution in [-0.4, -0.2) is 51.8 Å². The molecule has 0 amide bonds. The zero-order valence-electron chi connectivity index (χ0n) is 9.65. The highest BCUT2D eigenvalue weighted by atomic mass is 16.6. The monoisotopic (exact) mass is 258 g/mol. The van der Waals surface area contributed by atoms with Crippen molar-refractivity contribution < 1.29 is 19.7 Å². The van der Waals surface area contributed by atoms with Crippen molar-refractivity contribution in [3.63, 3.8) is 0 Å². The van der Waals surface area contributed by atoms with Crippen LogP contribution in [0.3, 0.4) is 0 Å². The van der Waals surface area contributed by atoms with Crippen molar-refractivity contribution in [1.29, 1.82) is 0 Å². The van der Waals surface area contributed by atoms with Crippen LogP contribution < -0.4 is 11.2 Å². The van der Waals surface area contributed by atoms with Crippen molar-refractivity contribution >= 4 is 0 Å². The maximum absolute atomic E-state index is 11.6. The number of H-pyrrole nitrogens is 1. The van der Waals surface area contributed by atoms with Crippen molar-refractivity contribution in [2.45, 2.75) is 24.5 Å². The molecule has 1 saturated heterocycles. The molecule has 0 bridgehead atoms. The second-order valence-corrected chi connectivity index (χ2v) is 3.96. The Morgan fingerprint density at radius 1 is 1.56 bits per heavy atom. The van der Waals surface area contributed by atoms with Crippen molar-refractivity contribution in [2.24, 2.45) is 0 Å². The van der Waals surface area contributed by atoms with Gasteiger partial charge >= 0.3 is 5.69 Å². The number of nitrogens with one attached hydrogen (secondary N) is 1. The normalized spacial score (nSPS) is 31.7. The summed E-state index contributed by atoms with van der Waals surface area (Å²) in [6, 6.07) is 1.16. The van der Waals surface area contributed by atoms with Crippen LogP contribution in [0, 0.1) is 0 Å². The summed E-state index contributed by atoms with van der Waals surface area (Å²) in [5.74, 6) is 0. The Morgan fingerprint density at radius 3 is 2.83 bits per heavy atom. The summed E-state index contributed by atoms with van der Waals surface area (Å²) in [7, 11) is 1.36. The molecule has 0 saturated carbocycles. The predicted octanol–water partition coefficient (Wildman–Crippen LogP) is -2.20. The molecule has 8 nitrogen and oxygen atoms in total. The van der Waals surface area contributed by atoms with Crippen LogP contribution in [0.2, 0.25) is 0 Å². The summed E-state index contributed by atoms with van der Waals surface area (Å²) in [6.45, 7) is -0.393. The Balaban J connectivity index is 2.38. The maximum atomic E-state index is 11.6. The molecule has 4 atom stereocenters. The SMILES string of the molecule is COC1[C@@H](O)[C@@H](CO)O[C@H]1n1ccc(=O)[nH]c1=O. The standard InChI is InChI=1S/C10H14N2O6/c1-17-8-7(15)5(4-13)18-9(8)12-3-2-6(14)11-10(12)16/h2-3,5,7-9,13,15H,4H2,1H3,(H,11,14,16)/t5-,7+,8?,9-/m1/s1. The van der Waals surface area contributed by atoms with Gasteiger partial charge in [-0.2, -0.15) is 0 Å². The smallest absolute Gasteiger partial charge is 0.330 e. The number of aliphatic hydroxyl groups is 2. The highest BCUT2D eigenvalue weighted by molar-refractivity contribution is 4.93. The molecular formula is C10H14N2O6. The van der Waals surface area contributed by atoms with Gasteiger partial charge in [0.05, 0.1) is 6.61 Å². The van der Waals surface area contributed by atoms with E-state index in [0.29, 0.717) is 0 Å². The Kier molecular flexibility index (Phi) is 3.62. The minimum Gasteiger partial charge on any atom is -0.394 e. The van der Waals surface area contributed by atoms with Gasteiger partial charge in [0.1, 0.15) is 18.3 Å². The highest BCUT2D eigenvalue weighted by Crippen LogP contribution is 2.29. The minimum atomic E-state index is -1.05. The third-order valence-electron chi connectivity index (χ3n) is 2.89. The molecule has 0 aliphatic carbocycles. The Morgan fingerprint density at radius 2 is 2.28 bits per heavy atom. The van der Waals surface area contributed by atoms with Gasteiger partial charge in [-0.25, -0.2) is 4.79 Å². The van der Waals surface area contributed by atoms with Gasteiger partial charge in [-0.15, -0.1) is 0 Å². The second-order valence-electron chi connectivity index (χ2n) is 3.96. The van der Waals surface area contributed by atoms with E-state index in [9.17, 15) is 14.7 Å². The van der Waals surface area contributed by atoms with Gasteiger partial charge < -0.3 is 19.7 Å². The molecule has 8 heteroatoms. The van der Waals surface area contributed by atoms with Crippen LogP contribution in [0.1, 0.15) is 6.23 Å². The highest BCUT2D eigenvalue weighted by Gasteiger charge is 2.45. The quantitative estimate of drug-likeness (QED) is 0.567. The number of rotatable bonds is 3. The van der Waals surface area contributed by atoms with Crippen LogP contribution in [0.15, 0.2) is 21.9 Å². The number of aromatic nitrogens is 2. The van der Waals surface area contributed by atoms with E-state index in [-0.39, 0.29) is 0 Å². The third kappa shape index (κ3) is 2.10. The van der Waals surface area contributed by atoms with Crippen LogP contribution in [-0.2, 0) is 9.47 Å². The molecule has 1 fully saturated rings. The molecule has 1 aromatic rings. The molecule has 100 valence electrons. The van der Waals surface area contributed by atoms with Gasteiger partial charge in [0.15, 0.2) is 6.23 Å². The molecule has 1 aromatic heterocycles. The predicted molar refractivity (Wildman–Crippen MR) is 59.1 cm³/mol. The summed E-state index contributed by atoms with van der Waals surface area (Å²) in [5, 5.41) is 18.9. The van der Waals surface area contributed by atoms with Gasteiger partial charge in [-0.05, 0) is 0 Å². The molecule has 0 radical (unpaired) electrons. The largest absolute Gasteiger partial charge is 0.394 e. The van der Waals surface area contributed by atoms with Crippen molar-refractivity contribution in [3.8, 4) is 0 Å². The Hall–Kier alpha value is -1.48. The third-order valence-corrected chi connectivity index (χ3v) is 2.89. The summed E-state index contributed by atoms with van der Waals surface area (Å²) in [6.07, 6.45) is -2.33. The number of methoxy groups -OCH3 is 1. The van der Waals surface area contributed by atoms with Gasteiger partial charge in [0.2, 0.25) is 0 Å². The van der Waals surface area contributed by atoms with E-state index in [4.69, 9.17) is 14.6 Å². The van der Waals surface area contributed by atoms with E-state index >= 15 is 0 Å². The number of ether oxygens (including phenoxy) is 2. The van der Waals surface area contributed by atoms with Gasteiger partial charge in [-0.1, -0.05) is 0 Å². The number of hydrogen-bond donors (Lipinski definition) is 3. The lowest BCUT2D eigenvalue weighted by Crippen LogP contribution is -2.38. The summed E-state index contributed by atoms with van der Waals surface area (Å²) < 4.78 is 11.5. The van der Waals surface area contributed by atoms with E-state index in [1.807, 2.05) is 0 Å². The molecule has 3 N–H and O–H groups in total. The molecule has 0 spiro atoms. The summed E-state index contributed by atoms with van der Waals surface area (Å²) >= 11 is 0. The fraction of sp³-hybridized carbons (Fsp3) is 0.600. The molecule has 1 aliphatic heterocycles. The lowest BCUT2D eigenvalue weighted by Gasteiger charge is -2.19. The molecule has 1 aliphatic rings. The average Bonchev–Trinajstić information content (AvgIpc) is 2.65. The number of nitrogens with zero attached hydrogens (tertiary/aromatic N) is 1. The van der Waals surface area contributed by atoms with Gasteiger partial charge in [-0.3, -0.25) is 14.3 Å². The van der Waals surface area contributed by atoms with E-state index in [2.05, 4.69) is 4.98 Å². The van der Waals surface area contributed by atoms with Gasteiger partial charge in [0.25, 0.3) is 5.56 Å². The van der Waals surface area contributed by atoms with E-state index < -0.39 is 42.4 Å². The molecule has 2 heterocycles. The molecular weight excluding hydrogens is 244 g/mol. The molecule has 1 unspecified atom stereocenters. The van der Waals surface area contributed by atoms with Crippen molar-refractivity contribution in [1.82, 2.24) is 9.55 Å². The van der Waals surface area contributed by atoms with Crippen molar-refractivity contribution in [3.05, 3.63) is 33.1 Å².